The van der Waals surface area contributed by atoms with Crippen molar-refractivity contribution < 1.29 is 66.3 Å². The van der Waals surface area contributed by atoms with E-state index in [2.05, 4.69) is 24.5 Å². The van der Waals surface area contributed by atoms with Crippen LogP contribution in [0.2, 0.25) is 0 Å². The number of hydrogen-bond acceptors (Lipinski definition) is 34. The van der Waals surface area contributed by atoms with Gasteiger partial charge in [-0.2, -0.15) is 59.8 Å². The minimum Gasteiger partial charge on any atom is -0.373 e. The lowest BCUT2D eigenvalue weighted by Gasteiger charge is -2.30. The highest BCUT2D eigenvalue weighted by Crippen LogP contribution is 2.43. The Labute approximate surface area is 535 Å². The molecule has 15 unspecified atom stereocenters. The number of aromatic nitrogens is 12. The van der Waals surface area contributed by atoms with Crippen LogP contribution in [0.1, 0.15) is 37.4 Å². The van der Waals surface area contributed by atoms with Crippen molar-refractivity contribution in [2.45, 2.75) is 117 Å². The molecule has 0 aromatic carbocycles. The number of epoxide rings is 14. The van der Waals surface area contributed by atoms with Crippen LogP contribution in [0.15, 0.2) is 0 Å². The van der Waals surface area contributed by atoms with Crippen LogP contribution in [-0.2, 0) is 66.3 Å². The second kappa shape index (κ2) is 24.5. The minimum absolute atomic E-state index is 0.00203. The molecule has 18 heterocycles. The van der Waals surface area contributed by atoms with Crippen molar-refractivity contribution in [2.75, 3.05) is 217 Å². The van der Waals surface area contributed by atoms with E-state index in [-0.39, 0.29) is 129 Å². The molecule has 0 bridgehead atoms. The highest BCUT2D eigenvalue weighted by molar-refractivity contribution is 5.63. The Balaban J connectivity index is 0.797. The molecule has 15 aliphatic rings. The van der Waals surface area contributed by atoms with Crippen LogP contribution in [0.3, 0.4) is 0 Å². The van der Waals surface area contributed by atoms with Crippen molar-refractivity contribution >= 4 is 65.4 Å². The number of hydrogen-bond donors (Lipinski definition) is 0. The van der Waals surface area contributed by atoms with Gasteiger partial charge in [0.2, 0.25) is 65.4 Å². The number of anilines is 11. The Hall–Kier alpha value is -6.12. The van der Waals surface area contributed by atoms with E-state index in [4.69, 9.17) is 126 Å². The molecule has 498 valence electrons. The molecule has 15 atom stereocenters. The summed E-state index contributed by atoms with van der Waals surface area (Å²) in [6, 6.07) is 0. The summed E-state index contributed by atoms with van der Waals surface area (Å²) in [5.41, 5.74) is 0. The Kier molecular flexibility index (Phi) is 15.4. The fourth-order valence-corrected chi connectivity index (χ4v) is 11.9. The second-order valence-corrected chi connectivity index (χ2v) is 27.3. The first kappa shape index (κ1) is 58.3. The van der Waals surface area contributed by atoms with Gasteiger partial charge in [-0.3, -0.25) is 14.7 Å². The van der Waals surface area contributed by atoms with Crippen molar-refractivity contribution in [2.24, 2.45) is 5.92 Å². The molecule has 0 spiro atoms. The van der Waals surface area contributed by atoms with E-state index >= 15 is 0 Å². The smallest absolute Gasteiger partial charge is 0.239 e. The van der Waals surface area contributed by atoms with E-state index in [9.17, 15) is 0 Å². The zero-order valence-corrected chi connectivity index (χ0v) is 51.8. The molecule has 34 nitrogen and oxygen atoms in total. The predicted molar refractivity (Wildman–Crippen MR) is 322 cm³/mol. The summed E-state index contributed by atoms with van der Waals surface area (Å²) in [6.45, 7) is 15.1. The van der Waals surface area contributed by atoms with E-state index in [1.165, 1.54) is 12.8 Å². The molecule has 0 radical (unpaired) electrons. The quantitative estimate of drug-likeness (QED) is 0.0467. The van der Waals surface area contributed by atoms with Crippen molar-refractivity contribution in [3.05, 3.63) is 5.82 Å². The molecular weight excluding hydrogens is 1210 g/mol. The Morgan fingerprint density at radius 3 is 0.634 bits per heavy atom. The molecule has 93 heavy (non-hydrogen) atoms. The monoisotopic (exact) mass is 1290 g/mol. The number of rotatable bonds is 42. The van der Waals surface area contributed by atoms with E-state index in [0.29, 0.717) is 217 Å². The van der Waals surface area contributed by atoms with Gasteiger partial charge in [-0.1, -0.05) is 12.8 Å². The van der Waals surface area contributed by atoms with E-state index < -0.39 is 0 Å². The van der Waals surface area contributed by atoms with Gasteiger partial charge in [0.05, 0.1) is 198 Å². The number of nitrogens with zero attached hydrogens (tertiary/aromatic N) is 20. The van der Waals surface area contributed by atoms with Crippen LogP contribution in [0.5, 0.6) is 0 Å². The molecule has 19 rings (SSSR count). The van der Waals surface area contributed by atoms with Gasteiger partial charge in [-0.25, -0.2) is 0 Å². The molecule has 14 aliphatic heterocycles. The van der Waals surface area contributed by atoms with Crippen molar-refractivity contribution in [3.63, 3.8) is 0 Å². The zero-order valence-electron chi connectivity index (χ0n) is 51.8. The topological polar surface area (TPSA) is 356 Å². The summed E-state index contributed by atoms with van der Waals surface area (Å²) >= 11 is 0. The third-order valence-electron chi connectivity index (χ3n) is 18.6. The molecule has 1 saturated carbocycles. The zero-order chi connectivity index (χ0) is 61.1. The Morgan fingerprint density at radius 1 is 0.226 bits per heavy atom. The lowest BCUT2D eigenvalue weighted by Crippen LogP contribution is -2.38. The van der Waals surface area contributed by atoms with Crippen LogP contribution in [0, 0.1) is 5.92 Å². The lowest BCUT2D eigenvalue weighted by atomic mass is 9.96. The van der Waals surface area contributed by atoms with Gasteiger partial charge in [0.25, 0.3) is 0 Å². The summed E-state index contributed by atoms with van der Waals surface area (Å²) in [6.07, 6.45) is 3.69. The van der Waals surface area contributed by atoms with Gasteiger partial charge >= 0.3 is 0 Å². The third-order valence-corrected chi connectivity index (χ3v) is 18.6. The first-order valence-corrected chi connectivity index (χ1v) is 33.5. The van der Waals surface area contributed by atoms with E-state index in [1.54, 1.807) is 0 Å². The molecule has 0 amide bonds. The molecule has 15 fully saturated rings. The van der Waals surface area contributed by atoms with E-state index in [1.807, 2.05) is 14.7 Å². The third kappa shape index (κ3) is 15.9. The van der Waals surface area contributed by atoms with Crippen molar-refractivity contribution in [1.82, 2.24) is 59.8 Å². The minimum atomic E-state index is -0.234. The maximum absolute atomic E-state index is 6.15. The van der Waals surface area contributed by atoms with Gasteiger partial charge in [-0.05, 0) is 18.8 Å². The van der Waals surface area contributed by atoms with Crippen molar-refractivity contribution in [1.29, 1.82) is 0 Å². The highest BCUT2D eigenvalue weighted by Gasteiger charge is 2.44. The fraction of sp³-hybridized carbons (Fsp3) is 0.797. The molecule has 4 aromatic rings. The van der Waals surface area contributed by atoms with Crippen LogP contribution < -0.4 is 39.2 Å². The first-order valence-electron chi connectivity index (χ1n) is 33.5. The summed E-state index contributed by atoms with van der Waals surface area (Å²) in [4.78, 5) is 81.9. The standard InChI is InChI=1S/C59H78N20O14/c1-2-32(1)3-33(4-34-18-80-34)48-60-49(72(5-35-19-81-35)6-36-20-82-36)64-54(61-48)77(15-45-29-91-45)57-69-58(78(16-46-30-92-46)55-65-50(73(7-37-21-83-37)8-38-22-84-38)62-51(66-55)74(9-39-23-85-39)10-40-24-86-40)71-59(70-57)79(17-47-31-93-47)56-67-52(75(11-41-25-87-41)12-42-26-88-42)63-53(68-56)76(13-43-27-89-43)14-44-28-90-44/h32-47H,1-31H2. The first-order chi connectivity index (χ1) is 45.8. The summed E-state index contributed by atoms with van der Waals surface area (Å²) in [5.74, 6) is 5.19. The molecule has 34 heteroatoms. The lowest BCUT2D eigenvalue weighted by molar-refractivity contribution is 0.365. The average molecular weight is 1290 g/mol. The summed E-state index contributed by atoms with van der Waals surface area (Å²) in [5, 5.41) is 0. The Bertz CT molecular complexity index is 2750. The van der Waals surface area contributed by atoms with Gasteiger partial charge in [0.1, 0.15) is 5.82 Å². The van der Waals surface area contributed by atoms with Crippen LogP contribution in [-0.4, -0.2) is 323 Å². The molecule has 0 N–H and O–H groups in total. The van der Waals surface area contributed by atoms with Gasteiger partial charge in [0.15, 0.2) is 0 Å². The van der Waals surface area contributed by atoms with Gasteiger partial charge in [0, 0.05) is 71.4 Å². The van der Waals surface area contributed by atoms with Crippen molar-refractivity contribution in [3.8, 4) is 0 Å². The number of ether oxygens (including phenoxy) is 14. The SMILES string of the molecule is C1CC1CC(CC1CO1)c1nc(N(CC2CO2)CC2CO2)nc(N(CC2CO2)c2nc(N(CC3CO3)c3nc(N(CC4CO4)CC4CO4)nc(N(CC4CO4)CC4CO4)n3)nc(N(CC3CO3)c3nc(N(CC4CO4)CC4CO4)nc(N(CC4CO4)CC4CO4)n3)n2)n1. The maximum Gasteiger partial charge on any atom is 0.239 e. The largest absolute Gasteiger partial charge is 0.373 e. The average Bonchev–Trinajstić information content (AvgIpc) is 1.53. The molecular formula is C59H78N20O14. The maximum atomic E-state index is 6.15. The van der Waals surface area contributed by atoms with Gasteiger partial charge in [-0.15, -0.1) is 0 Å². The second-order valence-electron chi connectivity index (χ2n) is 27.3. The summed E-state index contributed by atoms with van der Waals surface area (Å²) in [7, 11) is 0. The van der Waals surface area contributed by atoms with Crippen LogP contribution in [0.25, 0.3) is 0 Å². The molecule has 4 aromatic heterocycles. The van der Waals surface area contributed by atoms with Gasteiger partial charge < -0.3 is 90.8 Å². The fourth-order valence-electron chi connectivity index (χ4n) is 11.9. The van der Waals surface area contributed by atoms with E-state index in [0.717, 1.165) is 12.8 Å². The molecule has 1 aliphatic carbocycles. The predicted octanol–water partition coefficient (Wildman–Crippen LogP) is -1.27. The summed E-state index contributed by atoms with van der Waals surface area (Å²) < 4.78 is 83.0. The van der Waals surface area contributed by atoms with Crippen LogP contribution in [0.4, 0.5) is 65.4 Å². The molecule has 14 saturated heterocycles. The Morgan fingerprint density at radius 2 is 0.409 bits per heavy atom. The normalized spacial score (nSPS) is 32.0. The highest BCUT2D eigenvalue weighted by atomic mass is 16.6. The van der Waals surface area contributed by atoms with Crippen LogP contribution >= 0.6 is 0 Å².